The molecule has 1 fully saturated rings. The van der Waals surface area contributed by atoms with Crippen molar-refractivity contribution in [2.75, 3.05) is 12.4 Å². The molecule has 2 aliphatic rings. The van der Waals surface area contributed by atoms with Gasteiger partial charge in [0.05, 0.1) is 0 Å². The Morgan fingerprint density at radius 1 is 1.05 bits per heavy atom. The van der Waals surface area contributed by atoms with Crippen LogP contribution in [0.2, 0.25) is 0 Å². The number of amides is 2. The fourth-order valence-corrected chi connectivity index (χ4v) is 5.22. The lowest BCUT2D eigenvalue weighted by molar-refractivity contribution is -0.148. The summed E-state index contributed by atoms with van der Waals surface area (Å²) in [4.78, 5) is 51.7. The number of thioether (sulfide) groups is 1. The maximum absolute atomic E-state index is 13.7. The zero-order valence-electron chi connectivity index (χ0n) is 22.0. The van der Waals surface area contributed by atoms with Gasteiger partial charge in [-0.3, -0.25) is 14.5 Å². The summed E-state index contributed by atoms with van der Waals surface area (Å²) in [5.41, 5.74) is 3.49. The first-order valence-electron chi connectivity index (χ1n) is 12.2. The van der Waals surface area contributed by atoms with E-state index in [1.54, 1.807) is 20.8 Å². The van der Waals surface area contributed by atoms with E-state index in [1.165, 1.54) is 23.6 Å². The topological polar surface area (TPSA) is 124 Å². The second-order valence-electron chi connectivity index (χ2n) is 9.79. The maximum Gasteiger partial charge on any atom is 0.428 e. The summed E-state index contributed by atoms with van der Waals surface area (Å²) in [6.07, 6.45) is -1.55. The van der Waals surface area contributed by atoms with Crippen LogP contribution in [0.25, 0.3) is 0 Å². The van der Waals surface area contributed by atoms with Gasteiger partial charge in [-0.1, -0.05) is 60.7 Å². The van der Waals surface area contributed by atoms with Gasteiger partial charge < -0.3 is 14.2 Å². The Bertz CT molecular complexity index is 1280. The van der Waals surface area contributed by atoms with Crippen LogP contribution in [-0.2, 0) is 28.6 Å². The third kappa shape index (κ3) is 6.66. The third-order valence-corrected chi connectivity index (χ3v) is 6.90. The van der Waals surface area contributed by atoms with E-state index in [0.29, 0.717) is 5.57 Å². The molecule has 39 heavy (non-hydrogen) atoms. The summed E-state index contributed by atoms with van der Waals surface area (Å²) in [7, 11) is 0. The van der Waals surface area contributed by atoms with Gasteiger partial charge in [-0.05, 0) is 31.9 Å². The number of ether oxygens (including phenoxy) is 3. The molecule has 2 aromatic rings. The number of carbonyl (C=O) groups is 4. The van der Waals surface area contributed by atoms with E-state index in [9.17, 15) is 19.2 Å². The molecule has 2 aromatic carbocycles. The lowest BCUT2D eigenvalue weighted by atomic mass is 10.0. The fourth-order valence-electron chi connectivity index (χ4n) is 3.98. The molecule has 204 valence electrons. The Morgan fingerprint density at radius 2 is 1.64 bits per heavy atom. The minimum atomic E-state index is -0.804. The number of nitrogens with zero attached hydrogens (tertiary/aromatic N) is 2. The standard InChI is InChI=1S/C28H29N3O7S/c1-17(32)36-15-20-16-39-25-21(29-30-27(35)38-28(2,3)4)24(33)31(25)22(20)26(34)37-23(18-11-7-5-8-12-18)19-13-9-6-10-14-19/h5-14,23,25H,15-16H2,1-4H3,(H,30,35)/b29-21-/t25-/m1/s1. The molecule has 1 saturated heterocycles. The summed E-state index contributed by atoms with van der Waals surface area (Å²) in [5.74, 6) is -1.56. The van der Waals surface area contributed by atoms with Crippen LogP contribution in [-0.4, -0.2) is 57.9 Å². The van der Waals surface area contributed by atoms with Gasteiger partial charge in [0, 0.05) is 18.2 Å². The van der Waals surface area contributed by atoms with E-state index in [2.05, 4.69) is 10.5 Å². The summed E-state index contributed by atoms with van der Waals surface area (Å²) in [6.45, 7) is 6.21. The van der Waals surface area contributed by atoms with Crippen molar-refractivity contribution >= 4 is 41.4 Å². The molecular formula is C28H29N3O7S. The molecule has 2 amide bonds. The van der Waals surface area contributed by atoms with Gasteiger partial charge in [-0.25, -0.2) is 15.0 Å². The molecule has 0 saturated carbocycles. The van der Waals surface area contributed by atoms with Gasteiger partial charge in [0.1, 0.15) is 23.3 Å². The summed E-state index contributed by atoms with van der Waals surface area (Å²) in [6, 6.07) is 18.5. The number of hydrogen-bond acceptors (Lipinski definition) is 9. The van der Waals surface area contributed by atoms with Crippen molar-refractivity contribution in [1.82, 2.24) is 10.3 Å². The highest BCUT2D eigenvalue weighted by atomic mass is 32.2. The molecule has 0 aromatic heterocycles. The van der Waals surface area contributed by atoms with Gasteiger partial charge in [-0.15, -0.1) is 11.8 Å². The lowest BCUT2D eigenvalue weighted by Gasteiger charge is -2.44. The number of hydrogen-bond donors (Lipinski definition) is 1. The van der Waals surface area contributed by atoms with Crippen LogP contribution >= 0.6 is 11.8 Å². The average molecular weight is 552 g/mol. The number of nitrogens with one attached hydrogen (secondary N) is 1. The maximum atomic E-state index is 13.7. The van der Waals surface area contributed by atoms with E-state index in [4.69, 9.17) is 14.2 Å². The van der Waals surface area contributed by atoms with Crippen molar-refractivity contribution in [2.45, 2.75) is 44.8 Å². The van der Waals surface area contributed by atoms with Crippen molar-refractivity contribution in [3.63, 3.8) is 0 Å². The lowest BCUT2D eigenvalue weighted by Crippen LogP contribution is -2.63. The largest absolute Gasteiger partial charge is 0.461 e. The van der Waals surface area contributed by atoms with E-state index in [1.807, 2.05) is 60.7 Å². The van der Waals surface area contributed by atoms with Crippen LogP contribution in [0.1, 0.15) is 44.9 Å². The summed E-state index contributed by atoms with van der Waals surface area (Å²) >= 11 is 1.31. The van der Waals surface area contributed by atoms with E-state index in [-0.39, 0.29) is 23.8 Å². The van der Waals surface area contributed by atoms with Crippen LogP contribution in [0.4, 0.5) is 4.79 Å². The Morgan fingerprint density at radius 3 is 2.18 bits per heavy atom. The normalized spacial score (nSPS) is 17.9. The second kappa shape index (κ2) is 11.7. The van der Waals surface area contributed by atoms with Gasteiger partial charge in [0.2, 0.25) is 0 Å². The minimum Gasteiger partial charge on any atom is -0.461 e. The Kier molecular flexibility index (Phi) is 8.39. The van der Waals surface area contributed by atoms with Crippen molar-refractivity contribution in [2.24, 2.45) is 5.10 Å². The van der Waals surface area contributed by atoms with Crippen molar-refractivity contribution in [3.8, 4) is 0 Å². The fraction of sp³-hybridized carbons (Fsp3) is 0.321. The average Bonchev–Trinajstić information content (AvgIpc) is 2.89. The number of esters is 2. The number of β-lactam (4-membered cyclic amide) rings is 1. The highest BCUT2D eigenvalue weighted by molar-refractivity contribution is 8.01. The number of fused-ring (bicyclic) bond motifs is 1. The number of benzene rings is 2. The zero-order chi connectivity index (χ0) is 28.2. The minimum absolute atomic E-state index is 0.00178. The molecular weight excluding hydrogens is 522 g/mol. The molecule has 4 rings (SSSR count). The third-order valence-electron chi connectivity index (χ3n) is 5.64. The number of rotatable bonds is 7. The first kappa shape index (κ1) is 27.9. The molecule has 0 radical (unpaired) electrons. The van der Waals surface area contributed by atoms with Crippen LogP contribution < -0.4 is 5.43 Å². The van der Waals surface area contributed by atoms with Gasteiger partial charge in [0.15, 0.2) is 11.8 Å². The van der Waals surface area contributed by atoms with Gasteiger partial charge in [-0.2, -0.15) is 5.10 Å². The van der Waals surface area contributed by atoms with E-state index >= 15 is 0 Å². The van der Waals surface area contributed by atoms with Crippen molar-refractivity contribution < 1.29 is 33.4 Å². The van der Waals surface area contributed by atoms with Crippen LogP contribution in [0.3, 0.4) is 0 Å². The van der Waals surface area contributed by atoms with Gasteiger partial charge in [0.25, 0.3) is 5.91 Å². The Hall–Kier alpha value is -4.12. The predicted octanol–water partition coefficient (Wildman–Crippen LogP) is 3.93. The Balaban J connectivity index is 1.62. The highest BCUT2D eigenvalue weighted by Gasteiger charge is 2.52. The predicted molar refractivity (Wildman–Crippen MR) is 144 cm³/mol. The SMILES string of the molecule is CC(=O)OCC1=C(C(=O)OC(c2ccccc2)c2ccccc2)N2C(=O)/C(=N/NC(=O)OC(C)(C)C)[C@H]2SC1. The number of hydrazone groups is 1. The molecule has 2 heterocycles. The smallest absolute Gasteiger partial charge is 0.428 e. The monoisotopic (exact) mass is 551 g/mol. The van der Waals surface area contributed by atoms with E-state index in [0.717, 1.165) is 11.1 Å². The molecule has 11 heteroatoms. The van der Waals surface area contributed by atoms with Crippen molar-refractivity contribution in [1.29, 1.82) is 0 Å². The molecule has 0 unspecified atom stereocenters. The highest BCUT2D eigenvalue weighted by Crippen LogP contribution is 2.40. The van der Waals surface area contributed by atoms with Crippen LogP contribution in [0.5, 0.6) is 0 Å². The Labute approximate surface area is 230 Å². The summed E-state index contributed by atoms with van der Waals surface area (Å²) in [5, 5.41) is 3.31. The first-order chi connectivity index (χ1) is 18.5. The van der Waals surface area contributed by atoms with Crippen molar-refractivity contribution in [3.05, 3.63) is 83.1 Å². The summed E-state index contributed by atoms with van der Waals surface area (Å²) < 4.78 is 16.4. The first-order valence-corrected chi connectivity index (χ1v) is 13.3. The van der Waals surface area contributed by atoms with E-state index < -0.39 is 41.0 Å². The molecule has 2 aliphatic heterocycles. The van der Waals surface area contributed by atoms with Crippen LogP contribution in [0.15, 0.2) is 77.0 Å². The van der Waals surface area contributed by atoms with Crippen LogP contribution in [0, 0.1) is 0 Å². The molecule has 1 atom stereocenters. The molecule has 0 spiro atoms. The van der Waals surface area contributed by atoms with Gasteiger partial charge >= 0.3 is 18.0 Å². The quantitative estimate of drug-likeness (QED) is 0.238. The second-order valence-corrected chi connectivity index (χ2v) is 10.9. The number of carbonyl (C=O) groups excluding carboxylic acids is 4. The molecule has 0 bridgehead atoms. The molecule has 0 aliphatic carbocycles. The molecule has 10 nitrogen and oxygen atoms in total. The zero-order valence-corrected chi connectivity index (χ0v) is 22.8. The molecule has 1 N–H and O–H groups in total.